The smallest absolute Gasteiger partial charge is 0.388 e. The van der Waals surface area contributed by atoms with Crippen molar-refractivity contribution in [2.24, 2.45) is 0 Å². The van der Waals surface area contributed by atoms with Crippen LogP contribution in [0.2, 0.25) is 0 Å². The minimum atomic E-state index is -4.39. The number of rotatable bonds is 11. The summed E-state index contributed by atoms with van der Waals surface area (Å²) in [5.41, 5.74) is 4.13. The number of hydrogen-bond donors (Lipinski definition) is 4. The third kappa shape index (κ3) is 11.7. The number of aromatic amines is 1. The number of H-pyrrole nitrogens is 1. The zero-order valence-electron chi connectivity index (χ0n) is 28.2. The molecular formula is C37H39F4N7O2S. The average molecular weight is 722 g/mol. The Bertz CT molecular complexity index is 1890. The van der Waals surface area contributed by atoms with Crippen molar-refractivity contribution >= 4 is 41.1 Å². The molecule has 0 bridgehead atoms. The van der Waals surface area contributed by atoms with Gasteiger partial charge in [-0.15, -0.1) is 3.89 Å². The lowest BCUT2D eigenvalue weighted by atomic mass is 10.1. The van der Waals surface area contributed by atoms with Crippen LogP contribution in [0.5, 0.6) is 0 Å². The van der Waals surface area contributed by atoms with Crippen LogP contribution in [0.3, 0.4) is 0 Å². The average Bonchev–Trinajstić information content (AvgIpc) is 3.60. The van der Waals surface area contributed by atoms with Gasteiger partial charge in [-0.1, -0.05) is 24.1 Å². The molecule has 3 aromatic carbocycles. The van der Waals surface area contributed by atoms with E-state index in [-0.39, 0.29) is 17.0 Å². The maximum Gasteiger partial charge on any atom is 0.416 e. The number of aldehydes is 1. The van der Waals surface area contributed by atoms with Gasteiger partial charge in [-0.2, -0.15) is 13.2 Å². The molecule has 5 rings (SSSR count). The summed E-state index contributed by atoms with van der Waals surface area (Å²) in [6.45, 7) is 6.66. The van der Waals surface area contributed by atoms with Crippen molar-refractivity contribution in [1.29, 1.82) is 5.41 Å². The normalized spacial score (nSPS) is 13.9. The Morgan fingerprint density at radius 1 is 1.04 bits per heavy atom. The maximum absolute atomic E-state index is 13.3. The number of carbonyl (C=O) groups excluding carboxylic acids is 1. The number of halogens is 4. The minimum Gasteiger partial charge on any atom is -0.388 e. The molecule has 0 radical (unpaired) electrons. The van der Waals surface area contributed by atoms with Gasteiger partial charge in [-0.25, -0.2) is 9.19 Å². The van der Waals surface area contributed by atoms with Crippen LogP contribution in [0, 0.1) is 24.2 Å². The number of hydrogen-bond acceptors (Lipinski definition) is 8. The van der Waals surface area contributed by atoms with Crippen molar-refractivity contribution < 1.29 is 26.1 Å². The predicted octanol–water partition coefficient (Wildman–Crippen LogP) is 6.24. The zero-order chi connectivity index (χ0) is 36.8. The summed E-state index contributed by atoms with van der Waals surface area (Å²) < 4.78 is 63.6. The summed E-state index contributed by atoms with van der Waals surface area (Å²) in [6, 6.07) is 16.3. The molecule has 9 nitrogen and oxygen atoms in total. The summed E-state index contributed by atoms with van der Waals surface area (Å²) in [4.78, 5) is 22.5. The highest BCUT2D eigenvalue weighted by Crippen LogP contribution is 2.33. The predicted molar refractivity (Wildman–Crippen MR) is 194 cm³/mol. The number of alkyl halides is 3. The van der Waals surface area contributed by atoms with Crippen LogP contribution in [-0.4, -0.2) is 77.9 Å². The van der Waals surface area contributed by atoms with Gasteiger partial charge in [-0.05, 0) is 78.6 Å². The van der Waals surface area contributed by atoms with Gasteiger partial charge in [0.15, 0.2) is 0 Å². The van der Waals surface area contributed by atoms with E-state index in [0.717, 1.165) is 61.9 Å². The second-order valence-corrected chi connectivity index (χ2v) is 12.4. The first-order valence-electron chi connectivity index (χ1n) is 16.0. The summed E-state index contributed by atoms with van der Waals surface area (Å²) in [7, 11) is 1.59. The summed E-state index contributed by atoms with van der Waals surface area (Å²) in [5.74, 6) is 6.65. The van der Waals surface area contributed by atoms with Crippen LogP contribution in [0.1, 0.15) is 44.1 Å². The number of nitrogens with zero attached hydrogens (tertiary/aromatic N) is 3. The Hall–Kier alpha value is -5.10. The van der Waals surface area contributed by atoms with E-state index in [0.29, 0.717) is 29.3 Å². The third-order valence-corrected chi connectivity index (χ3v) is 8.70. The SMILES string of the molecule is CNc1ccc(CNCCN2CCN(c3ccc(S(=O)F)cc3)CC2)c(C(F)(F)F)c1.Cc1ccc(C=O)cc1C#Cc1cnc(/C=C\C=N)[nH]1. The molecule has 1 atom stereocenters. The number of imidazole rings is 1. The molecule has 1 aliphatic heterocycles. The monoisotopic (exact) mass is 721 g/mol. The first-order chi connectivity index (χ1) is 24.5. The van der Waals surface area contributed by atoms with E-state index in [9.17, 15) is 26.1 Å². The lowest BCUT2D eigenvalue weighted by Crippen LogP contribution is -2.48. The summed E-state index contributed by atoms with van der Waals surface area (Å²) in [6.07, 6.45) is 2.50. The van der Waals surface area contributed by atoms with Crippen LogP contribution in [0.25, 0.3) is 6.08 Å². The number of benzene rings is 3. The van der Waals surface area contributed by atoms with E-state index in [1.54, 1.807) is 55.7 Å². The Morgan fingerprint density at radius 3 is 2.43 bits per heavy atom. The largest absolute Gasteiger partial charge is 0.416 e. The second kappa shape index (κ2) is 18.8. The number of nitrogens with one attached hydrogen (secondary N) is 4. The molecule has 1 aliphatic rings. The van der Waals surface area contributed by atoms with E-state index in [2.05, 4.69) is 42.2 Å². The van der Waals surface area contributed by atoms with E-state index in [1.807, 2.05) is 13.0 Å². The van der Waals surface area contributed by atoms with Crippen LogP contribution >= 0.6 is 0 Å². The lowest BCUT2D eigenvalue weighted by Gasteiger charge is -2.36. The molecule has 1 saturated heterocycles. The number of aryl methyl sites for hydroxylation is 1. The first-order valence-corrected chi connectivity index (χ1v) is 17.1. The van der Waals surface area contributed by atoms with Crippen molar-refractivity contribution in [3.8, 4) is 11.8 Å². The van der Waals surface area contributed by atoms with Crippen molar-refractivity contribution in [2.45, 2.75) is 24.5 Å². The van der Waals surface area contributed by atoms with Gasteiger partial charge in [-0.3, -0.25) is 9.69 Å². The van der Waals surface area contributed by atoms with Crippen LogP contribution in [0.15, 0.2) is 77.8 Å². The number of anilines is 2. The maximum atomic E-state index is 13.3. The number of aromatic nitrogens is 2. The van der Waals surface area contributed by atoms with Gasteiger partial charge in [0, 0.05) is 81.6 Å². The van der Waals surface area contributed by atoms with Gasteiger partial charge in [0.05, 0.1) is 16.7 Å². The Morgan fingerprint density at radius 2 is 1.78 bits per heavy atom. The molecule has 2 heterocycles. The second-order valence-electron chi connectivity index (χ2n) is 11.5. The summed E-state index contributed by atoms with van der Waals surface area (Å²) >= 11 is -2.47. The van der Waals surface area contributed by atoms with Gasteiger partial charge in [0.1, 0.15) is 17.8 Å². The topological polar surface area (TPSA) is 117 Å². The van der Waals surface area contributed by atoms with Crippen molar-refractivity contribution in [3.63, 3.8) is 0 Å². The van der Waals surface area contributed by atoms with Crippen LogP contribution in [0.4, 0.5) is 28.4 Å². The molecule has 0 aliphatic carbocycles. The molecule has 51 heavy (non-hydrogen) atoms. The molecule has 4 aromatic rings. The van der Waals surface area contributed by atoms with Crippen LogP contribution < -0.4 is 15.5 Å². The van der Waals surface area contributed by atoms with Gasteiger partial charge >= 0.3 is 6.18 Å². The fourth-order valence-corrected chi connectivity index (χ4v) is 5.56. The molecular weight excluding hydrogens is 683 g/mol. The standard InChI is InChI=1S/C21H26F4N4OS.C16H13N3O/c1-26-17-3-2-16(20(14-17)21(22,23)24)15-27-8-9-28-10-12-29(13-11-28)18-4-6-19(7-5-18)31(25)30;1-12-4-5-13(11-20)9-14(12)6-7-15-10-18-16(19-15)3-2-8-17/h2-7,14,26-27H,8-13,15H2,1H3;2-5,8-11,17H,1H3,(H,18,19)/b;3-2-,17-8?. The highest BCUT2D eigenvalue weighted by molar-refractivity contribution is 7.79. The minimum absolute atomic E-state index is 0.154. The van der Waals surface area contributed by atoms with Crippen LogP contribution in [-0.2, 0) is 23.9 Å². The first kappa shape index (κ1) is 38.7. The number of allylic oxidation sites excluding steroid dienone is 1. The highest BCUT2D eigenvalue weighted by Gasteiger charge is 2.33. The Balaban J connectivity index is 0.000000251. The van der Waals surface area contributed by atoms with Gasteiger partial charge < -0.3 is 25.9 Å². The van der Waals surface area contributed by atoms with Gasteiger partial charge in [0.25, 0.3) is 0 Å². The third-order valence-electron chi connectivity index (χ3n) is 8.06. The molecule has 1 fully saturated rings. The van der Waals surface area contributed by atoms with E-state index >= 15 is 0 Å². The molecule has 268 valence electrons. The molecule has 14 heteroatoms. The Kier molecular flexibility index (Phi) is 14.2. The fraction of sp³-hybridized carbons (Fsp3) is 0.270. The highest BCUT2D eigenvalue weighted by atomic mass is 32.2. The van der Waals surface area contributed by atoms with E-state index in [1.165, 1.54) is 24.4 Å². The number of carbonyl (C=O) groups is 1. The Labute approximate surface area is 297 Å². The molecule has 1 unspecified atom stereocenters. The molecule has 0 amide bonds. The van der Waals surface area contributed by atoms with E-state index < -0.39 is 22.9 Å². The summed E-state index contributed by atoms with van der Waals surface area (Å²) in [5, 5.41) is 12.8. The zero-order valence-corrected chi connectivity index (χ0v) is 29.0. The molecule has 0 saturated carbocycles. The lowest BCUT2D eigenvalue weighted by molar-refractivity contribution is -0.138. The molecule has 4 N–H and O–H groups in total. The molecule has 0 spiro atoms. The molecule has 1 aromatic heterocycles. The van der Waals surface area contributed by atoms with E-state index in [4.69, 9.17) is 5.41 Å². The van der Waals surface area contributed by atoms with Crippen molar-refractivity contribution in [2.75, 3.05) is 56.5 Å². The van der Waals surface area contributed by atoms with Gasteiger partial charge in [0.2, 0.25) is 11.2 Å². The number of piperazine rings is 1. The van der Waals surface area contributed by atoms with Crippen molar-refractivity contribution in [1.82, 2.24) is 20.2 Å². The van der Waals surface area contributed by atoms with Crippen molar-refractivity contribution in [3.05, 3.63) is 112 Å². The fourth-order valence-electron chi connectivity index (χ4n) is 5.21. The quantitative estimate of drug-likeness (QED) is 0.0362.